The zero-order valence-corrected chi connectivity index (χ0v) is 9.82. The molecular weight excluding hydrogens is 248 g/mol. The Bertz CT molecular complexity index is 548. The van der Waals surface area contributed by atoms with E-state index in [1.54, 1.807) is 0 Å². The molecule has 0 radical (unpaired) electrons. The van der Waals surface area contributed by atoms with Gasteiger partial charge in [-0.05, 0) is 19.1 Å². The molecule has 92 valence electrons. The summed E-state index contributed by atoms with van der Waals surface area (Å²) < 4.78 is 38.1. The molecule has 0 aliphatic carbocycles. The van der Waals surface area contributed by atoms with Gasteiger partial charge in [-0.3, -0.25) is 0 Å². The summed E-state index contributed by atoms with van der Waals surface area (Å²) >= 11 is 0. The van der Waals surface area contributed by atoms with Crippen LogP contribution in [0.25, 0.3) is 0 Å². The van der Waals surface area contributed by atoms with Crippen molar-refractivity contribution in [3.05, 3.63) is 18.2 Å². The monoisotopic (exact) mass is 258 g/mol. The van der Waals surface area contributed by atoms with Gasteiger partial charge in [0.2, 0.25) is 6.79 Å². The second-order valence-corrected chi connectivity index (χ2v) is 5.01. The Labute approximate surface area is 98.0 Å². The third-order valence-electron chi connectivity index (χ3n) is 2.14. The first-order valence-electron chi connectivity index (χ1n) is 4.87. The molecule has 0 aromatic heterocycles. The van der Waals surface area contributed by atoms with E-state index in [2.05, 4.69) is 4.74 Å². The molecule has 1 aliphatic rings. The maximum absolute atomic E-state index is 11.8. The second kappa shape index (κ2) is 4.25. The highest BCUT2D eigenvalue weighted by Gasteiger charge is 2.28. The van der Waals surface area contributed by atoms with Crippen LogP contribution in [0.2, 0.25) is 0 Å². The largest absolute Gasteiger partial charge is 0.454 e. The van der Waals surface area contributed by atoms with E-state index in [1.807, 2.05) is 0 Å². The molecule has 7 heteroatoms. The van der Waals surface area contributed by atoms with Crippen LogP contribution in [0.5, 0.6) is 11.5 Å². The zero-order valence-electron chi connectivity index (χ0n) is 9.00. The molecule has 0 amide bonds. The minimum Gasteiger partial charge on any atom is -0.454 e. The molecule has 0 N–H and O–H groups in total. The Kier molecular flexibility index (Phi) is 2.93. The molecule has 6 nitrogen and oxygen atoms in total. The molecule has 0 saturated carbocycles. The second-order valence-electron chi connectivity index (χ2n) is 3.20. The van der Waals surface area contributed by atoms with E-state index in [9.17, 15) is 13.2 Å². The summed E-state index contributed by atoms with van der Waals surface area (Å²) in [7, 11) is -4.12. The fourth-order valence-electron chi connectivity index (χ4n) is 1.34. The Hall–Kier alpha value is -1.76. The molecule has 0 saturated heterocycles. The zero-order chi connectivity index (χ0) is 12.5. The number of carbonyl (C=O) groups excluding carboxylic acids is 1. The molecule has 0 spiro atoms. The van der Waals surface area contributed by atoms with E-state index < -0.39 is 15.1 Å². The Morgan fingerprint density at radius 1 is 1.35 bits per heavy atom. The van der Waals surface area contributed by atoms with E-state index in [-0.39, 0.29) is 18.3 Å². The summed E-state index contributed by atoms with van der Waals surface area (Å²) in [5.74, 6) is 0.753. The number of hydrogen-bond donors (Lipinski definition) is 0. The van der Waals surface area contributed by atoms with Crippen molar-refractivity contribution in [1.82, 2.24) is 0 Å². The van der Waals surface area contributed by atoms with E-state index >= 15 is 0 Å². The SMILES string of the molecule is CCOC(=O)S(=O)(=O)c1ccc2c(c1)OCO2. The maximum Gasteiger partial charge on any atom is 0.429 e. The molecule has 1 aromatic rings. The van der Waals surface area contributed by atoms with Crippen molar-refractivity contribution < 1.29 is 27.4 Å². The minimum absolute atomic E-state index is 0.00259. The lowest BCUT2D eigenvalue weighted by molar-refractivity contribution is 0.174. The average molecular weight is 258 g/mol. The van der Waals surface area contributed by atoms with Gasteiger partial charge in [0.15, 0.2) is 11.5 Å². The number of fused-ring (bicyclic) bond motifs is 1. The number of benzene rings is 1. The Morgan fingerprint density at radius 3 is 2.76 bits per heavy atom. The van der Waals surface area contributed by atoms with E-state index in [4.69, 9.17) is 9.47 Å². The van der Waals surface area contributed by atoms with Crippen molar-refractivity contribution in [3.8, 4) is 11.5 Å². The Morgan fingerprint density at radius 2 is 2.06 bits per heavy atom. The van der Waals surface area contributed by atoms with Crippen LogP contribution >= 0.6 is 0 Å². The van der Waals surface area contributed by atoms with Gasteiger partial charge < -0.3 is 14.2 Å². The first kappa shape index (κ1) is 11.7. The predicted octanol–water partition coefficient (Wildman–Crippen LogP) is 1.35. The van der Waals surface area contributed by atoms with Crippen LogP contribution in [-0.2, 0) is 14.6 Å². The highest BCUT2D eigenvalue weighted by atomic mass is 32.2. The van der Waals surface area contributed by atoms with Gasteiger partial charge in [0.25, 0.3) is 9.84 Å². The fourth-order valence-corrected chi connectivity index (χ4v) is 2.31. The lowest BCUT2D eigenvalue weighted by atomic mass is 10.3. The molecule has 0 fully saturated rings. The molecule has 1 heterocycles. The first-order valence-corrected chi connectivity index (χ1v) is 6.35. The van der Waals surface area contributed by atoms with Gasteiger partial charge in [-0.15, -0.1) is 0 Å². The fraction of sp³-hybridized carbons (Fsp3) is 0.300. The normalized spacial score (nSPS) is 13.5. The molecule has 1 aromatic carbocycles. The average Bonchev–Trinajstić information content (AvgIpc) is 2.76. The number of hydrogen-bond acceptors (Lipinski definition) is 6. The predicted molar refractivity (Wildman–Crippen MR) is 56.8 cm³/mol. The van der Waals surface area contributed by atoms with Crippen molar-refractivity contribution >= 4 is 15.1 Å². The topological polar surface area (TPSA) is 78.9 Å². The lowest BCUT2D eigenvalue weighted by Crippen LogP contribution is -2.16. The number of rotatable bonds is 2. The number of ether oxygens (including phenoxy) is 3. The standard InChI is InChI=1S/C10H10O6S/c1-2-14-10(11)17(12,13)7-3-4-8-9(5-7)16-6-15-8/h3-5H,2,6H2,1H3. The van der Waals surface area contributed by atoms with Gasteiger partial charge in [0.05, 0.1) is 11.5 Å². The number of sulfone groups is 1. The molecule has 17 heavy (non-hydrogen) atoms. The van der Waals surface area contributed by atoms with Gasteiger partial charge in [-0.1, -0.05) is 0 Å². The van der Waals surface area contributed by atoms with Gasteiger partial charge >= 0.3 is 5.30 Å². The van der Waals surface area contributed by atoms with Crippen LogP contribution in [0.3, 0.4) is 0 Å². The van der Waals surface area contributed by atoms with Crippen LogP contribution in [-0.4, -0.2) is 27.1 Å². The molecule has 2 rings (SSSR count). The van der Waals surface area contributed by atoms with Gasteiger partial charge in [0.1, 0.15) is 0 Å². The van der Waals surface area contributed by atoms with Crippen LogP contribution in [0.4, 0.5) is 4.79 Å². The first-order chi connectivity index (χ1) is 8.05. The van der Waals surface area contributed by atoms with E-state index in [0.29, 0.717) is 11.5 Å². The maximum atomic E-state index is 11.8. The van der Waals surface area contributed by atoms with E-state index in [1.165, 1.54) is 25.1 Å². The van der Waals surface area contributed by atoms with Crippen LogP contribution in [0.1, 0.15) is 6.92 Å². The van der Waals surface area contributed by atoms with Gasteiger partial charge in [0, 0.05) is 6.07 Å². The number of carbonyl (C=O) groups is 1. The molecular formula is C10H10O6S. The van der Waals surface area contributed by atoms with Crippen LogP contribution in [0.15, 0.2) is 23.1 Å². The summed E-state index contributed by atoms with van der Waals surface area (Å²) in [6.07, 6.45) is 0. The molecule has 0 bridgehead atoms. The van der Waals surface area contributed by atoms with Gasteiger partial charge in [-0.2, -0.15) is 0 Å². The molecule has 0 atom stereocenters. The smallest absolute Gasteiger partial charge is 0.429 e. The van der Waals surface area contributed by atoms with Crippen LogP contribution in [0, 0.1) is 0 Å². The summed E-state index contributed by atoms with van der Waals surface area (Å²) in [4.78, 5) is 11.1. The summed E-state index contributed by atoms with van der Waals surface area (Å²) in [6.45, 7) is 1.58. The summed E-state index contributed by atoms with van der Waals surface area (Å²) in [6, 6.07) is 3.96. The van der Waals surface area contributed by atoms with Crippen molar-refractivity contribution in [2.75, 3.05) is 13.4 Å². The lowest BCUT2D eigenvalue weighted by Gasteiger charge is -2.04. The Balaban J connectivity index is 2.37. The highest BCUT2D eigenvalue weighted by Crippen LogP contribution is 2.34. The minimum atomic E-state index is -4.12. The van der Waals surface area contributed by atoms with Crippen molar-refractivity contribution in [1.29, 1.82) is 0 Å². The molecule has 0 unspecified atom stereocenters. The van der Waals surface area contributed by atoms with Gasteiger partial charge in [-0.25, -0.2) is 13.2 Å². The van der Waals surface area contributed by atoms with Crippen molar-refractivity contribution in [3.63, 3.8) is 0 Å². The van der Waals surface area contributed by atoms with Crippen molar-refractivity contribution in [2.24, 2.45) is 0 Å². The highest BCUT2D eigenvalue weighted by molar-refractivity contribution is 8.05. The quantitative estimate of drug-likeness (QED) is 0.745. The van der Waals surface area contributed by atoms with Crippen LogP contribution < -0.4 is 9.47 Å². The summed E-state index contributed by atoms with van der Waals surface area (Å²) in [5.41, 5.74) is 0. The third-order valence-corrected chi connectivity index (χ3v) is 3.57. The van der Waals surface area contributed by atoms with Crippen molar-refractivity contribution in [2.45, 2.75) is 11.8 Å². The molecule has 1 aliphatic heterocycles. The van der Waals surface area contributed by atoms with E-state index in [0.717, 1.165) is 0 Å². The summed E-state index contributed by atoms with van der Waals surface area (Å²) in [5, 5.41) is -1.26. The third kappa shape index (κ3) is 2.05.